The van der Waals surface area contributed by atoms with E-state index in [1.54, 1.807) is 0 Å². The minimum Gasteiger partial charge on any atom is -0.463 e. The third-order valence-electron chi connectivity index (χ3n) is 11.0. The largest absolute Gasteiger partial charge is 0.463 e. The summed E-state index contributed by atoms with van der Waals surface area (Å²) in [6, 6.07) is 0. The van der Waals surface area contributed by atoms with Crippen LogP contribution in [0, 0.1) is 46.3 Å². The van der Waals surface area contributed by atoms with Gasteiger partial charge in [0.25, 0.3) is 0 Å². The highest BCUT2D eigenvalue weighted by Gasteiger charge is 2.63. The highest BCUT2D eigenvalue weighted by molar-refractivity contribution is 5.67. The van der Waals surface area contributed by atoms with Crippen molar-refractivity contribution < 1.29 is 29.3 Å². The van der Waals surface area contributed by atoms with Crippen LogP contribution in [-0.2, 0) is 19.1 Å². The molecule has 0 aliphatic heterocycles. The monoisotopic (exact) mass is 518 g/mol. The van der Waals surface area contributed by atoms with E-state index in [9.17, 15) is 19.8 Å². The molecule has 0 amide bonds. The Morgan fingerprint density at radius 3 is 2.32 bits per heavy atom. The summed E-state index contributed by atoms with van der Waals surface area (Å²) in [5.74, 6) is 0.829. The molecule has 0 bridgehead atoms. The van der Waals surface area contributed by atoms with Gasteiger partial charge in [-0.15, -0.1) is 0 Å². The van der Waals surface area contributed by atoms with Crippen molar-refractivity contribution in [2.75, 3.05) is 0 Å². The fraction of sp³-hybridized carbons (Fsp3) is 0.871. The molecule has 3 saturated carbocycles. The molecule has 4 rings (SSSR count). The van der Waals surface area contributed by atoms with E-state index in [1.807, 2.05) is 0 Å². The predicted molar refractivity (Wildman–Crippen MR) is 142 cm³/mol. The van der Waals surface area contributed by atoms with E-state index in [-0.39, 0.29) is 58.8 Å². The number of fused-ring (bicyclic) bond motifs is 5. The van der Waals surface area contributed by atoms with Crippen LogP contribution >= 0.6 is 0 Å². The minimum absolute atomic E-state index is 0.00349. The summed E-state index contributed by atoms with van der Waals surface area (Å²) in [6.07, 6.45) is 7.69. The van der Waals surface area contributed by atoms with Crippen molar-refractivity contribution in [2.24, 2.45) is 46.3 Å². The third kappa shape index (κ3) is 5.26. The lowest BCUT2D eigenvalue weighted by molar-refractivity contribution is -0.170. The molecule has 0 radical (unpaired) electrons. The molecule has 4 aliphatic rings. The van der Waals surface area contributed by atoms with Gasteiger partial charge >= 0.3 is 11.9 Å². The normalized spacial score (nSPS) is 42.6. The van der Waals surface area contributed by atoms with E-state index >= 15 is 0 Å². The molecular weight excluding hydrogens is 468 g/mol. The molecule has 0 unspecified atom stereocenters. The molecule has 0 saturated heterocycles. The maximum absolute atomic E-state index is 12.2. The van der Waals surface area contributed by atoms with Crippen molar-refractivity contribution >= 4 is 11.9 Å². The molecule has 2 N–H and O–H groups in total. The van der Waals surface area contributed by atoms with E-state index in [2.05, 4.69) is 40.7 Å². The first-order valence-electron chi connectivity index (χ1n) is 14.7. The molecule has 210 valence electrons. The van der Waals surface area contributed by atoms with Crippen LogP contribution in [0.3, 0.4) is 0 Å². The number of carbonyl (C=O) groups is 2. The number of hydrogen-bond donors (Lipinski definition) is 2. The lowest BCUT2D eigenvalue weighted by atomic mass is 9.46. The predicted octanol–water partition coefficient (Wildman–Crippen LogP) is 5.44. The number of ether oxygens (including phenoxy) is 2. The second-order valence-corrected chi connectivity index (χ2v) is 13.7. The van der Waals surface area contributed by atoms with Gasteiger partial charge in [-0.05, 0) is 91.9 Å². The van der Waals surface area contributed by atoms with E-state index in [1.165, 1.54) is 19.4 Å². The van der Waals surface area contributed by atoms with Gasteiger partial charge in [-0.25, -0.2) is 0 Å². The van der Waals surface area contributed by atoms with Crippen molar-refractivity contribution in [3.05, 3.63) is 11.6 Å². The van der Waals surface area contributed by atoms with Crippen molar-refractivity contribution in [3.63, 3.8) is 0 Å². The molecule has 6 nitrogen and oxygen atoms in total. The molecular formula is C31H50O6. The van der Waals surface area contributed by atoms with Gasteiger partial charge in [0.15, 0.2) is 0 Å². The molecule has 0 spiro atoms. The van der Waals surface area contributed by atoms with Gasteiger partial charge in [0.1, 0.15) is 12.2 Å². The van der Waals surface area contributed by atoms with E-state index < -0.39 is 6.10 Å². The first-order chi connectivity index (χ1) is 17.3. The van der Waals surface area contributed by atoms with Crippen LogP contribution in [0.4, 0.5) is 0 Å². The summed E-state index contributed by atoms with van der Waals surface area (Å²) in [4.78, 5) is 23.9. The van der Waals surface area contributed by atoms with Crippen molar-refractivity contribution in [1.82, 2.24) is 0 Å². The fourth-order valence-corrected chi connectivity index (χ4v) is 9.23. The molecule has 0 aromatic heterocycles. The van der Waals surface area contributed by atoms with Crippen LogP contribution in [0.2, 0.25) is 0 Å². The van der Waals surface area contributed by atoms with Crippen LogP contribution in [0.15, 0.2) is 11.6 Å². The van der Waals surface area contributed by atoms with Gasteiger partial charge in [0.05, 0.1) is 12.2 Å². The summed E-state index contributed by atoms with van der Waals surface area (Å²) >= 11 is 0. The maximum atomic E-state index is 12.2. The Bertz CT molecular complexity index is 896. The lowest BCUT2D eigenvalue weighted by Gasteiger charge is -2.60. The Morgan fingerprint density at radius 1 is 1.03 bits per heavy atom. The van der Waals surface area contributed by atoms with Gasteiger partial charge in [-0.2, -0.15) is 0 Å². The van der Waals surface area contributed by atoms with Gasteiger partial charge < -0.3 is 19.7 Å². The van der Waals surface area contributed by atoms with Crippen LogP contribution in [0.25, 0.3) is 0 Å². The quantitative estimate of drug-likeness (QED) is 0.344. The first-order valence-corrected chi connectivity index (χ1v) is 14.7. The van der Waals surface area contributed by atoms with Gasteiger partial charge in [0.2, 0.25) is 0 Å². The van der Waals surface area contributed by atoms with Gasteiger partial charge in [-0.1, -0.05) is 40.2 Å². The molecule has 6 heteroatoms. The zero-order valence-corrected chi connectivity index (χ0v) is 24.0. The standard InChI is InChI=1S/C31H50O6/c1-17(2)8-11-26(34)18(3)23-9-10-24-22-15-28(37-20(5)33)25-14-21(36-19(4)32)12-13-30(25,6)29(22)27(35)16-31(23,24)7/h15,17-18,21,23-29,34-35H,8-14,16H2,1-7H3/t18-,21-,23+,24-,25+,26+,27+,28-,29+,30-,31+/m0/s1. The van der Waals surface area contributed by atoms with E-state index in [0.717, 1.165) is 44.9 Å². The highest BCUT2D eigenvalue weighted by atomic mass is 16.5. The summed E-state index contributed by atoms with van der Waals surface area (Å²) in [5, 5.41) is 22.9. The number of aliphatic hydroxyl groups excluding tert-OH is 2. The van der Waals surface area contributed by atoms with E-state index in [0.29, 0.717) is 24.2 Å². The van der Waals surface area contributed by atoms with Crippen LogP contribution < -0.4 is 0 Å². The zero-order valence-electron chi connectivity index (χ0n) is 24.0. The average Bonchev–Trinajstić information content (AvgIpc) is 3.13. The summed E-state index contributed by atoms with van der Waals surface area (Å²) < 4.78 is 11.5. The lowest BCUT2D eigenvalue weighted by Crippen LogP contribution is -2.59. The number of rotatable bonds is 7. The Labute approximate surface area is 223 Å². The zero-order chi connectivity index (χ0) is 27.3. The smallest absolute Gasteiger partial charge is 0.303 e. The first kappa shape index (κ1) is 28.6. The van der Waals surface area contributed by atoms with Crippen LogP contribution in [0.5, 0.6) is 0 Å². The molecule has 37 heavy (non-hydrogen) atoms. The summed E-state index contributed by atoms with van der Waals surface area (Å²) in [5.41, 5.74) is 0.935. The molecule has 0 heterocycles. The van der Waals surface area contributed by atoms with Crippen molar-refractivity contribution in [3.8, 4) is 0 Å². The maximum Gasteiger partial charge on any atom is 0.303 e. The Kier molecular flexibility index (Phi) is 8.22. The van der Waals surface area contributed by atoms with Crippen molar-refractivity contribution in [1.29, 1.82) is 0 Å². The third-order valence-corrected chi connectivity index (χ3v) is 11.0. The SMILES string of the molecule is CC(=O)O[C@H]1CC[C@@]2(C)[C@H](C1)[C@@H](OC(C)=O)C=C1[C@@H]2[C@H](O)C[C@]2(C)[C@@H]([C@H](C)[C@H](O)CCC(C)C)CC[C@@H]12. The van der Waals surface area contributed by atoms with E-state index in [4.69, 9.17) is 9.47 Å². The molecule has 0 aromatic rings. The summed E-state index contributed by atoms with van der Waals surface area (Å²) in [6.45, 7) is 14.1. The van der Waals surface area contributed by atoms with Crippen LogP contribution in [0.1, 0.15) is 99.8 Å². The van der Waals surface area contributed by atoms with Gasteiger partial charge in [0, 0.05) is 25.7 Å². The fourth-order valence-electron chi connectivity index (χ4n) is 9.23. The number of aliphatic hydroxyl groups is 2. The molecule has 0 aromatic carbocycles. The Hall–Kier alpha value is -1.40. The number of hydrogen-bond acceptors (Lipinski definition) is 6. The highest BCUT2D eigenvalue weighted by Crippen LogP contribution is 2.67. The van der Waals surface area contributed by atoms with Crippen LogP contribution in [-0.4, -0.2) is 46.6 Å². The topological polar surface area (TPSA) is 93.1 Å². The molecule has 11 atom stereocenters. The average molecular weight is 519 g/mol. The minimum atomic E-state index is -0.482. The molecule has 3 fully saturated rings. The van der Waals surface area contributed by atoms with Gasteiger partial charge in [-0.3, -0.25) is 9.59 Å². The number of esters is 2. The summed E-state index contributed by atoms with van der Waals surface area (Å²) in [7, 11) is 0. The molecule has 4 aliphatic carbocycles. The second kappa shape index (κ2) is 10.6. The number of carbonyl (C=O) groups excluding carboxylic acids is 2. The Balaban J connectivity index is 1.66. The second-order valence-electron chi connectivity index (χ2n) is 13.7. The van der Waals surface area contributed by atoms with Crippen molar-refractivity contribution in [2.45, 2.75) is 124 Å². The Morgan fingerprint density at radius 2 is 1.70 bits per heavy atom.